The minimum atomic E-state index is -4.61. The van der Waals surface area contributed by atoms with E-state index in [1.807, 2.05) is 12.1 Å². The number of alkyl halides is 3. The van der Waals surface area contributed by atoms with Crippen molar-refractivity contribution < 1.29 is 17.9 Å². The molecule has 0 spiro atoms. The molecule has 13 heavy (non-hydrogen) atoms. The molecule has 0 N–H and O–H groups in total. The van der Waals surface area contributed by atoms with E-state index in [9.17, 15) is 13.2 Å². The molecule has 1 aromatic heterocycles. The van der Waals surface area contributed by atoms with Gasteiger partial charge in [-0.2, -0.15) is 5.10 Å². The average Bonchev–Trinajstić information content (AvgIpc) is 2.47. The highest BCUT2D eigenvalue weighted by Crippen LogP contribution is 2.26. The molecule has 0 aliphatic heterocycles. The van der Waals surface area contributed by atoms with Crippen molar-refractivity contribution >= 4 is 0 Å². The van der Waals surface area contributed by atoms with Gasteiger partial charge >= 0.3 is 6.30 Å². The molecule has 1 aromatic rings. The number of rotatable bonds is 2. The monoisotopic (exact) mass is 189 g/mol. The molecule has 1 heterocycles. The molecule has 1 rings (SSSR count). The summed E-state index contributed by atoms with van der Waals surface area (Å²) in [7, 11) is 0. The molecule has 0 aliphatic carbocycles. The van der Waals surface area contributed by atoms with Gasteiger partial charge in [0.05, 0.1) is 0 Å². The quantitative estimate of drug-likeness (QED) is 0.653. The van der Waals surface area contributed by atoms with Crippen LogP contribution in [0.15, 0.2) is 6.07 Å². The minimum Gasteiger partial charge on any atom is -0.464 e. The van der Waals surface area contributed by atoms with Gasteiger partial charge in [0.15, 0.2) is 6.61 Å². The number of aromatic nitrogens is 2. The van der Waals surface area contributed by atoms with E-state index in [4.69, 9.17) is 6.42 Å². The smallest absolute Gasteiger partial charge is 0.464 e. The van der Waals surface area contributed by atoms with Crippen molar-refractivity contribution in [3.63, 3.8) is 0 Å². The SMILES string of the molecule is C#CCOc1c[c]nn1C(F)(F)F. The third-order valence-electron chi connectivity index (χ3n) is 1.10. The van der Waals surface area contributed by atoms with Crippen LogP contribution in [0.3, 0.4) is 0 Å². The fourth-order valence-corrected chi connectivity index (χ4v) is 0.652. The molecule has 6 heteroatoms. The van der Waals surface area contributed by atoms with Gasteiger partial charge in [0.1, 0.15) is 6.20 Å². The summed E-state index contributed by atoms with van der Waals surface area (Å²) in [5, 5.41) is 2.91. The Labute approximate surface area is 72.1 Å². The summed E-state index contributed by atoms with van der Waals surface area (Å²) < 4.78 is 40.5. The molecule has 0 aliphatic rings. The lowest BCUT2D eigenvalue weighted by Gasteiger charge is -2.09. The number of hydrogen-bond donors (Lipinski definition) is 0. The van der Waals surface area contributed by atoms with E-state index in [1.54, 1.807) is 0 Å². The molecule has 3 nitrogen and oxygen atoms in total. The Kier molecular flexibility index (Phi) is 2.46. The van der Waals surface area contributed by atoms with Crippen molar-refractivity contribution in [1.82, 2.24) is 9.78 Å². The topological polar surface area (TPSA) is 27.1 Å². The lowest BCUT2D eigenvalue weighted by molar-refractivity contribution is -0.215. The molecule has 0 unspecified atom stereocenters. The fourth-order valence-electron chi connectivity index (χ4n) is 0.652. The van der Waals surface area contributed by atoms with Gasteiger partial charge in [-0.25, -0.2) is 0 Å². The molecule has 0 amide bonds. The predicted octanol–water partition coefficient (Wildman–Crippen LogP) is 1.17. The van der Waals surface area contributed by atoms with E-state index in [0.29, 0.717) is 0 Å². The zero-order chi connectivity index (χ0) is 9.90. The molecule has 0 saturated heterocycles. The van der Waals surface area contributed by atoms with Crippen molar-refractivity contribution in [2.45, 2.75) is 6.30 Å². The Morgan fingerprint density at radius 3 is 2.92 bits per heavy atom. The van der Waals surface area contributed by atoms with Crippen molar-refractivity contribution in [1.29, 1.82) is 0 Å². The van der Waals surface area contributed by atoms with E-state index < -0.39 is 12.2 Å². The zero-order valence-electron chi connectivity index (χ0n) is 6.30. The van der Waals surface area contributed by atoms with Crippen LogP contribution in [-0.2, 0) is 6.30 Å². The molecular formula is C7H4F3N2O. The summed E-state index contributed by atoms with van der Waals surface area (Å²) >= 11 is 0. The summed E-state index contributed by atoms with van der Waals surface area (Å²) in [6.45, 7) is -0.240. The molecule has 0 aromatic carbocycles. The van der Waals surface area contributed by atoms with E-state index in [0.717, 1.165) is 6.07 Å². The van der Waals surface area contributed by atoms with Crippen molar-refractivity contribution in [3.8, 4) is 18.2 Å². The fraction of sp³-hybridized carbons (Fsp3) is 0.286. The van der Waals surface area contributed by atoms with Gasteiger partial charge in [-0.1, -0.05) is 5.92 Å². The predicted molar refractivity (Wildman–Crippen MR) is 36.7 cm³/mol. The minimum absolute atomic E-state index is 0.240. The number of ether oxygens (including phenoxy) is 1. The second kappa shape index (κ2) is 3.39. The van der Waals surface area contributed by atoms with Crippen LogP contribution in [-0.4, -0.2) is 16.4 Å². The summed E-state index contributed by atoms with van der Waals surface area (Å²) in [5.41, 5.74) is 0. The molecule has 0 bridgehead atoms. The van der Waals surface area contributed by atoms with Gasteiger partial charge in [-0.05, 0) is 0 Å². The van der Waals surface area contributed by atoms with Crippen molar-refractivity contribution in [3.05, 3.63) is 12.3 Å². The maximum Gasteiger partial charge on any atom is 0.507 e. The van der Waals surface area contributed by atoms with Crippen LogP contribution < -0.4 is 4.74 Å². The summed E-state index contributed by atoms with van der Waals surface area (Å²) in [6.07, 6.45) is 2.21. The van der Waals surface area contributed by atoms with Gasteiger partial charge in [0.2, 0.25) is 5.88 Å². The molecule has 69 valence electrons. The van der Waals surface area contributed by atoms with Crippen LogP contribution in [0.5, 0.6) is 5.88 Å². The first kappa shape index (κ1) is 9.45. The lowest BCUT2D eigenvalue weighted by Crippen LogP contribution is -2.19. The Hall–Kier alpha value is -1.64. The third-order valence-corrected chi connectivity index (χ3v) is 1.10. The lowest BCUT2D eigenvalue weighted by atomic mass is 10.6. The van der Waals surface area contributed by atoms with Crippen LogP contribution in [0.25, 0.3) is 0 Å². The van der Waals surface area contributed by atoms with E-state index >= 15 is 0 Å². The number of terminal acetylenes is 1. The highest BCUT2D eigenvalue weighted by atomic mass is 19.4. The Morgan fingerprint density at radius 2 is 2.38 bits per heavy atom. The maximum absolute atomic E-state index is 12.1. The summed E-state index contributed by atoms with van der Waals surface area (Å²) in [5.74, 6) is 1.57. The van der Waals surface area contributed by atoms with Crippen molar-refractivity contribution in [2.75, 3.05) is 6.61 Å². The summed E-state index contributed by atoms with van der Waals surface area (Å²) in [4.78, 5) is 0. The summed E-state index contributed by atoms with van der Waals surface area (Å²) in [6, 6.07) is 0.963. The van der Waals surface area contributed by atoms with E-state index in [-0.39, 0.29) is 11.3 Å². The van der Waals surface area contributed by atoms with Crippen LogP contribution in [0, 0.1) is 18.5 Å². The van der Waals surface area contributed by atoms with Crippen LogP contribution in [0.4, 0.5) is 13.2 Å². The van der Waals surface area contributed by atoms with Crippen molar-refractivity contribution in [2.24, 2.45) is 0 Å². The molecule has 1 radical (unpaired) electrons. The highest BCUT2D eigenvalue weighted by molar-refractivity contribution is 5.08. The normalized spacial score (nSPS) is 10.9. The van der Waals surface area contributed by atoms with Gasteiger partial charge in [-0.15, -0.1) is 24.3 Å². The van der Waals surface area contributed by atoms with Gasteiger partial charge in [0, 0.05) is 6.07 Å². The average molecular weight is 189 g/mol. The van der Waals surface area contributed by atoms with E-state index in [2.05, 4.69) is 9.84 Å². The van der Waals surface area contributed by atoms with Gasteiger partial charge in [0.25, 0.3) is 0 Å². The second-order valence-corrected chi connectivity index (χ2v) is 1.98. The first-order valence-electron chi connectivity index (χ1n) is 3.15. The number of hydrogen-bond acceptors (Lipinski definition) is 2. The standard InChI is InChI=1S/C7H4F3N2O/c1-2-5-13-6-3-4-11-12(6)7(8,9)10/h1,3H,5H2. The highest BCUT2D eigenvalue weighted by Gasteiger charge is 2.34. The van der Waals surface area contributed by atoms with Gasteiger partial charge in [-0.3, -0.25) is 0 Å². The second-order valence-electron chi connectivity index (χ2n) is 1.98. The zero-order valence-corrected chi connectivity index (χ0v) is 6.30. The van der Waals surface area contributed by atoms with Crippen LogP contribution in [0.1, 0.15) is 0 Å². The molecular weight excluding hydrogens is 185 g/mol. The maximum atomic E-state index is 12.1. The third kappa shape index (κ3) is 2.15. The van der Waals surface area contributed by atoms with E-state index in [1.165, 1.54) is 0 Å². The number of nitrogens with zero attached hydrogens (tertiary/aromatic N) is 2. The Morgan fingerprint density at radius 1 is 1.69 bits per heavy atom. The largest absolute Gasteiger partial charge is 0.507 e. The molecule has 0 saturated carbocycles. The molecule has 0 fully saturated rings. The first-order valence-corrected chi connectivity index (χ1v) is 3.15. The molecule has 0 atom stereocenters. The van der Waals surface area contributed by atoms with Crippen LogP contribution in [0.2, 0.25) is 0 Å². The number of halogens is 3. The van der Waals surface area contributed by atoms with Gasteiger partial charge < -0.3 is 4.74 Å². The Bertz CT molecular complexity index is 323. The van der Waals surface area contributed by atoms with Crippen LogP contribution >= 0.6 is 0 Å². The first-order chi connectivity index (χ1) is 6.05. The Balaban J connectivity index is 2.85.